The number of nitrogens with two attached hydrogens (primary N) is 1. The van der Waals surface area contributed by atoms with Crippen molar-refractivity contribution < 1.29 is 0 Å². The molecule has 1 atom stereocenters. The van der Waals surface area contributed by atoms with E-state index >= 15 is 0 Å². The Bertz CT molecular complexity index is 559. The van der Waals surface area contributed by atoms with E-state index in [-0.39, 0.29) is 6.04 Å². The number of hydrogen-bond acceptors (Lipinski definition) is 3. The minimum absolute atomic E-state index is 0.0714. The number of aromatic nitrogens is 3. The van der Waals surface area contributed by atoms with Crippen molar-refractivity contribution in [3.8, 4) is 0 Å². The second-order valence-electron chi connectivity index (χ2n) is 5.01. The summed E-state index contributed by atoms with van der Waals surface area (Å²) in [6.45, 7) is 7.25. The fraction of sp³-hybridized carbons (Fsp3) is 0.500. The number of hydrogen-bond donors (Lipinski definition) is 1. The molecule has 0 bridgehead atoms. The SMILES string of the molecule is CCc1cc(CC(N)c2ncccc2CC)n(CC)n1. The highest BCUT2D eigenvalue weighted by atomic mass is 15.3. The Morgan fingerprint density at radius 3 is 2.70 bits per heavy atom. The highest BCUT2D eigenvalue weighted by Crippen LogP contribution is 2.19. The normalized spacial score (nSPS) is 12.6. The summed E-state index contributed by atoms with van der Waals surface area (Å²) in [6.07, 6.45) is 4.52. The molecule has 0 aliphatic carbocycles. The molecule has 0 aromatic carbocycles. The van der Waals surface area contributed by atoms with Gasteiger partial charge in [0, 0.05) is 24.9 Å². The molecular formula is C16H24N4. The van der Waals surface area contributed by atoms with Crippen LogP contribution in [0, 0.1) is 0 Å². The van der Waals surface area contributed by atoms with Crippen LogP contribution < -0.4 is 5.73 Å². The van der Waals surface area contributed by atoms with Gasteiger partial charge < -0.3 is 5.73 Å². The number of aryl methyl sites for hydroxylation is 3. The molecule has 0 saturated heterocycles. The van der Waals surface area contributed by atoms with Crippen LogP contribution in [0.25, 0.3) is 0 Å². The van der Waals surface area contributed by atoms with Crippen LogP contribution in [-0.4, -0.2) is 14.8 Å². The van der Waals surface area contributed by atoms with E-state index in [1.54, 1.807) is 0 Å². The monoisotopic (exact) mass is 272 g/mol. The van der Waals surface area contributed by atoms with Crippen molar-refractivity contribution in [1.82, 2.24) is 14.8 Å². The zero-order chi connectivity index (χ0) is 14.5. The first-order valence-corrected chi connectivity index (χ1v) is 7.44. The maximum atomic E-state index is 6.37. The fourth-order valence-electron chi connectivity index (χ4n) is 2.53. The van der Waals surface area contributed by atoms with Crippen LogP contribution in [0.2, 0.25) is 0 Å². The molecule has 2 heterocycles. The lowest BCUT2D eigenvalue weighted by atomic mass is 10.0. The predicted molar refractivity (Wildman–Crippen MR) is 81.5 cm³/mol. The lowest BCUT2D eigenvalue weighted by Gasteiger charge is -2.15. The van der Waals surface area contributed by atoms with E-state index in [9.17, 15) is 0 Å². The van der Waals surface area contributed by atoms with Gasteiger partial charge in [-0.25, -0.2) is 0 Å². The van der Waals surface area contributed by atoms with Crippen LogP contribution in [-0.2, 0) is 25.8 Å². The summed E-state index contributed by atoms with van der Waals surface area (Å²) in [5, 5.41) is 4.58. The van der Waals surface area contributed by atoms with Gasteiger partial charge in [-0.2, -0.15) is 5.10 Å². The largest absolute Gasteiger partial charge is 0.322 e. The minimum atomic E-state index is -0.0714. The summed E-state index contributed by atoms with van der Waals surface area (Å²) in [6, 6.07) is 6.17. The molecule has 0 amide bonds. The third-order valence-electron chi connectivity index (χ3n) is 3.66. The topological polar surface area (TPSA) is 56.7 Å². The Morgan fingerprint density at radius 1 is 1.25 bits per heavy atom. The molecule has 0 fully saturated rings. The molecule has 2 aromatic heterocycles. The highest BCUT2D eigenvalue weighted by molar-refractivity contribution is 5.24. The molecule has 0 aliphatic heterocycles. The fourth-order valence-corrected chi connectivity index (χ4v) is 2.53. The molecule has 0 aliphatic rings. The van der Waals surface area contributed by atoms with Gasteiger partial charge in [0.05, 0.1) is 17.4 Å². The molecule has 0 spiro atoms. The van der Waals surface area contributed by atoms with E-state index in [0.29, 0.717) is 0 Å². The first-order chi connectivity index (χ1) is 9.69. The number of nitrogens with zero attached hydrogens (tertiary/aromatic N) is 3. The van der Waals surface area contributed by atoms with Crippen molar-refractivity contribution in [2.45, 2.75) is 52.6 Å². The molecule has 2 N–H and O–H groups in total. The number of pyridine rings is 1. The van der Waals surface area contributed by atoms with E-state index in [1.165, 1.54) is 11.3 Å². The van der Waals surface area contributed by atoms with E-state index in [0.717, 1.165) is 37.2 Å². The summed E-state index contributed by atoms with van der Waals surface area (Å²) >= 11 is 0. The Balaban J connectivity index is 2.22. The summed E-state index contributed by atoms with van der Waals surface area (Å²) in [5.41, 5.74) is 10.9. The van der Waals surface area contributed by atoms with Gasteiger partial charge in [-0.05, 0) is 37.5 Å². The Morgan fingerprint density at radius 2 is 2.05 bits per heavy atom. The van der Waals surface area contributed by atoms with Gasteiger partial charge in [-0.15, -0.1) is 0 Å². The van der Waals surface area contributed by atoms with Crippen molar-refractivity contribution in [3.63, 3.8) is 0 Å². The van der Waals surface area contributed by atoms with Gasteiger partial charge in [0.25, 0.3) is 0 Å². The molecule has 108 valence electrons. The average Bonchev–Trinajstić information content (AvgIpc) is 2.89. The van der Waals surface area contributed by atoms with Gasteiger partial charge in [0.15, 0.2) is 0 Å². The van der Waals surface area contributed by atoms with Crippen molar-refractivity contribution in [2.75, 3.05) is 0 Å². The lowest BCUT2D eigenvalue weighted by Crippen LogP contribution is -2.19. The molecule has 0 radical (unpaired) electrons. The van der Waals surface area contributed by atoms with E-state index in [4.69, 9.17) is 5.73 Å². The molecule has 4 nitrogen and oxygen atoms in total. The molecule has 2 aromatic rings. The zero-order valence-corrected chi connectivity index (χ0v) is 12.6. The van der Waals surface area contributed by atoms with E-state index < -0.39 is 0 Å². The smallest absolute Gasteiger partial charge is 0.0624 e. The van der Waals surface area contributed by atoms with Crippen molar-refractivity contribution in [3.05, 3.63) is 47.0 Å². The van der Waals surface area contributed by atoms with Gasteiger partial charge in [0.2, 0.25) is 0 Å². The van der Waals surface area contributed by atoms with Crippen LogP contribution in [0.1, 0.15) is 49.5 Å². The maximum absolute atomic E-state index is 6.37. The molecule has 4 heteroatoms. The number of rotatable bonds is 6. The van der Waals surface area contributed by atoms with Gasteiger partial charge in [-0.1, -0.05) is 19.9 Å². The van der Waals surface area contributed by atoms with Gasteiger partial charge in [-0.3, -0.25) is 9.67 Å². The first kappa shape index (κ1) is 14.7. The first-order valence-electron chi connectivity index (χ1n) is 7.44. The van der Waals surface area contributed by atoms with Gasteiger partial charge in [0.1, 0.15) is 0 Å². The highest BCUT2D eigenvalue weighted by Gasteiger charge is 2.15. The minimum Gasteiger partial charge on any atom is -0.322 e. The summed E-state index contributed by atoms with van der Waals surface area (Å²) in [4.78, 5) is 4.47. The summed E-state index contributed by atoms with van der Waals surface area (Å²) in [7, 11) is 0. The molecule has 20 heavy (non-hydrogen) atoms. The maximum Gasteiger partial charge on any atom is 0.0624 e. The second kappa shape index (κ2) is 6.66. The Hall–Kier alpha value is -1.68. The van der Waals surface area contributed by atoms with Crippen molar-refractivity contribution in [2.24, 2.45) is 5.73 Å². The lowest BCUT2D eigenvalue weighted by molar-refractivity contribution is 0.578. The Kier molecular flexibility index (Phi) is 4.90. The molecule has 1 unspecified atom stereocenters. The van der Waals surface area contributed by atoms with Crippen LogP contribution in [0.4, 0.5) is 0 Å². The van der Waals surface area contributed by atoms with Crippen molar-refractivity contribution in [1.29, 1.82) is 0 Å². The standard InChI is InChI=1S/C16H24N4/c1-4-12-8-7-9-18-16(12)15(17)11-14-10-13(5-2)19-20(14)6-3/h7-10,15H,4-6,11,17H2,1-3H3. The Labute approximate surface area is 121 Å². The second-order valence-corrected chi connectivity index (χ2v) is 5.01. The molecular weight excluding hydrogens is 248 g/mol. The predicted octanol–water partition coefficient (Wildman–Crippen LogP) is 2.67. The summed E-state index contributed by atoms with van der Waals surface area (Å²) < 4.78 is 2.05. The summed E-state index contributed by atoms with van der Waals surface area (Å²) in [5.74, 6) is 0. The van der Waals surface area contributed by atoms with Crippen LogP contribution in [0.15, 0.2) is 24.4 Å². The van der Waals surface area contributed by atoms with Crippen molar-refractivity contribution >= 4 is 0 Å². The molecule has 2 rings (SSSR count). The third-order valence-corrected chi connectivity index (χ3v) is 3.66. The van der Waals surface area contributed by atoms with Crippen LogP contribution in [0.5, 0.6) is 0 Å². The van der Waals surface area contributed by atoms with E-state index in [1.807, 2.05) is 16.9 Å². The third kappa shape index (κ3) is 3.07. The van der Waals surface area contributed by atoms with Crippen LogP contribution >= 0.6 is 0 Å². The van der Waals surface area contributed by atoms with Crippen LogP contribution in [0.3, 0.4) is 0 Å². The average molecular weight is 272 g/mol. The molecule has 0 saturated carbocycles. The quantitative estimate of drug-likeness (QED) is 0.879. The van der Waals surface area contributed by atoms with E-state index in [2.05, 4.69) is 43.0 Å². The zero-order valence-electron chi connectivity index (χ0n) is 12.6. The van der Waals surface area contributed by atoms with Gasteiger partial charge >= 0.3 is 0 Å².